The molecule has 3 nitrogen and oxygen atoms in total. The third-order valence-electron chi connectivity index (χ3n) is 2.34. The monoisotopic (exact) mass is 242 g/mol. The van der Waals surface area contributed by atoms with Crippen LogP contribution in [0.15, 0.2) is 18.2 Å². The van der Waals surface area contributed by atoms with E-state index in [0.29, 0.717) is 5.88 Å². The SMILES string of the molecule is CCOCCN(CC)c1cccc(CCl)n1. The number of aromatic nitrogens is 1. The number of hydrogen-bond acceptors (Lipinski definition) is 3. The van der Waals surface area contributed by atoms with Gasteiger partial charge in [0.25, 0.3) is 0 Å². The average Bonchev–Trinajstić information content (AvgIpc) is 2.35. The molecule has 0 atom stereocenters. The fourth-order valence-corrected chi connectivity index (χ4v) is 1.62. The zero-order valence-electron chi connectivity index (χ0n) is 9.95. The summed E-state index contributed by atoms with van der Waals surface area (Å²) in [6.45, 7) is 7.39. The molecule has 0 aliphatic heterocycles. The van der Waals surface area contributed by atoms with E-state index in [0.717, 1.165) is 37.8 Å². The van der Waals surface area contributed by atoms with E-state index in [1.165, 1.54) is 0 Å². The molecule has 0 bridgehead atoms. The van der Waals surface area contributed by atoms with Gasteiger partial charge >= 0.3 is 0 Å². The molecule has 0 aliphatic rings. The molecule has 0 unspecified atom stereocenters. The highest BCUT2D eigenvalue weighted by atomic mass is 35.5. The molecule has 0 saturated carbocycles. The lowest BCUT2D eigenvalue weighted by molar-refractivity contribution is 0.154. The van der Waals surface area contributed by atoms with Gasteiger partial charge in [0.15, 0.2) is 0 Å². The Morgan fingerprint density at radius 2 is 2.19 bits per heavy atom. The van der Waals surface area contributed by atoms with Crippen LogP contribution in [0.4, 0.5) is 5.82 Å². The lowest BCUT2D eigenvalue weighted by atomic mass is 10.3. The summed E-state index contributed by atoms with van der Waals surface area (Å²) in [5.74, 6) is 1.43. The zero-order chi connectivity index (χ0) is 11.8. The average molecular weight is 243 g/mol. The molecule has 0 amide bonds. The van der Waals surface area contributed by atoms with Crippen molar-refractivity contribution in [2.24, 2.45) is 0 Å². The van der Waals surface area contributed by atoms with Crippen molar-refractivity contribution >= 4 is 17.4 Å². The van der Waals surface area contributed by atoms with E-state index in [2.05, 4.69) is 16.8 Å². The summed E-state index contributed by atoms with van der Waals surface area (Å²) in [4.78, 5) is 6.67. The summed E-state index contributed by atoms with van der Waals surface area (Å²) in [6.07, 6.45) is 0. The van der Waals surface area contributed by atoms with Gasteiger partial charge in [-0.15, -0.1) is 11.6 Å². The largest absolute Gasteiger partial charge is 0.380 e. The smallest absolute Gasteiger partial charge is 0.128 e. The fraction of sp³-hybridized carbons (Fsp3) is 0.583. The van der Waals surface area contributed by atoms with E-state index in [4.69, 9.17) is 16.3 Å². The molecule has 0 spiro atoms. The van der Waals surface area contributed by atoms with Crippen LogP contribution in [0, 0.1) is 0 Å². The van der Waals surface area contributed by atoms with Crippen LogP contribution in [0.1, 0.15) is 19.5 Å². The third kappa shape index (κ3) is 3.99. The lowest BCUT2D eigenvalue weighted by Crippen LogP contribution is -2.28. The molecule has 1 aromatic heterocycles. The summed E-state index contributed by atoms with van der Waals surface area (Å²) in [7, 11) is 0. The molecule has 1 aromatic rings. The van der Waals surface area contributed by atoms with E-state index in [1.807, 2.05) is 25.1 Å². The molecule has 0 N–H and O–H groups in total. The number of pyridine rings is 1. The predicted molar refractivity (Wildman–Crippen MR) is 68.2 cm³/mol. The van der Waals surface area contributed by atoms with Crippen molar-refractivity contribution in [2.75, 3.05) is 31.2 Å². The second-order valence-corrected chi connectivity index (χ2v) is 3.66. The highest BCUT2D eigenvalue weighted by molar-refractivity contribution is 6.16. The van der Waals surface area contributed by atoms with Crippen LogP contribution in [0.3, 0.4) is 0 Å². The summed E-state index contributed by atoms with van der Waals surface area (Å²) >= 11 is 5.77. The Labute approximate surface area is 102 Å². The van der Waals surface area contributed by atoms with Gasteiger partial charge in [0, 0.05) is 19.7 Å². The van der Waals surface area contributed by atoms with Crippen molar-refractivity contribution in [1.82, 2.24) is 4.98 Å². The minimum Gasteiger partial charge on any atom is -0.380 e. The van der Waals surface area contributed by atoms with Gasteiger partial charge < -0.3 is 9.64 Å². The number of hydrogen-bond donors (Lipinski definition) is 0. The van der Waals surface area contributed by atoms with E-state index < -0.39 is 0 Å². The number of anilines is 1. The fourth-order valence-electron chi connectivity index (χ4n) is 1.47. The highest BCUT2D eigenvalue weighted by Gasteiger charge is 2.05. The third-order valence-corrected chi connectivity index (χ3v) is 2.62. The minimum absolute atomic E-state index is 0.455. The molecular weight excluding hydrogens is 224 g/mol. The molecule has 90 valence electrons. The first-order valence-electron chi connectivity index (χ1n) is 5.66. The van der Waals surface area contributed by atoms with Crippen LogP contribution in [0.5, 0.6) is 0 Å². The normalized spacial score (nSPS) is 10.4. The van der Waals surface area contributed by atoms with Crippen molar-refractivity contribution in [3.05, 3.63) is 23.9 Å². The molecule has 1 heterocycles. The van der Waals surface area contributed by atoms with Crippen molar-refractivity contribution in [2.45, 2.75) is 19.7 Å². The number of nitrogens with zero attached hydrogens (tertiary/aromatic N) is 2. The molecule has 0 aliphatic carbocycles. The summed E-state index contributed by atoms with van der Waals surface area (Å²) < 4.78 is 5.35. The Morgan fingerprint density at radius 1 is 1.38 bits per heavy atom. The molecule has 0 saturated heterocycles. The number of rotatable bonds is 7. The number of alkyl halides is 1. The quantitative estimate of drug-likeness (QED) is 0.543. The Balaban J connectivity index is 2.62. The molecule has 0 radical (unpaired) electrons. The van der Waals surface area contributed by atoms with Crippen LogP contribution < -0.4 is 4.90 Å². The van der Waals surface area contributed by atoms with Crippen LogP contribution in [-0.4, -0.2) is 31.3 Å². The van der Waals surface area contributed by atoms with Gasteiger partial charge in [0.1, 0.15) is 5.82 Å². The van der Waals surface area contributed by atoms with Gasteiger partial charge in [-0.1, -0.05) is 6.07 Å². The minimum atomic E-state index is 0.455. The maximum absolute atomic E-state index is 5.77. The topological polar surface area (TPSA) is 25.4 Å². The van der Waals surface area contributed by atoms with E-state index in [1.54, 1.807) is 0 Å². The van der Waals surface area contributed by atoms with Crippen molar-refractivity contribution < 1.29 is 4.74 Å². The second kappa shape index (κ2) is 7.47. The molecule has 4 heteroatoms. The molecule has 1 rings (SSSR count). The van der Waals surface area contributed by atoms with Crippen molar-refractivity contribution in [1.29, 1.82) is 0 Å². The highest BCUT2D eigenvalue weighted by Crippen LogP contribution is 2.12. The van der Waals surface area contributed by atoms with Crippen LogP contribution in [0.25, 0.3) is 0 Å². The molecule has 16 heavy (non-hydrogen) atoms. The summed E-state index contributed by atoms with van der Waals surface area (Å²) in [5.41, 5.74) is 0.911. The first-order valence-corrected chi connectivity index (χ1v) is 6.19. The zero-order valence-corrected chi connectivity index (χ0v) is 10.7. The number of halogens is 1. The van der Waals surface area contributed by atoms with Crippen molar-refractivity contribution in [3.63, 3.8) is 0 Å². The first kappa shape index (κ1) is 13.3. The Kier molecular flexibility index (Phi) is 6.19. The van der Waals surface area contributed by atoms with Crippen LogP contribution >= 0.6 is 11.6 Å². The Hall–Kier alpha value is -0.800. The Morgan fingerprint density at radius 3 is 2.81 bits per heavy atom. The lowest BCUT2D eigenvalue weighted by Gasteiger charge is -2.22. The van der Waals surface area contributed by atoms with Crippen molar-refractivity contribution in [3.8, 4) is 0 Å². The Bertz CT molecular complexity index is 307. The summed E-state index contributed by atoms with van der Waals surface area (Å²) in [5, 5.41) is 0. The molecular formula is C12H19ClN2O. The molecule has 0 aromatic carbocycles. The standard InChI is InChI=1S/C12H19ClN2O/c1-3-15(8-9-16-4-2)12-7-5-6-11(10-13)14-12/h5-7H,3-4,8-10H2,1-2H3. The van der Waals surface area contributed by atoms with Gasteiger partial charge in [0.2, 0.25) is 0 Å². The van der Waals surface area contributed by atoms with E-state index >= 15 is 0 Å². The van der Waals surface area contributed by atoms with Gasteiger partial charge in [-0.25, -0.2) is 4.98 Å². The van der Waals surface area contributed by atoms with Crippen LogP contribution in [-0.2, 0) is 10.6 Å². The second-order valence-electron chi connectivity index (χ2n) is 3.40. The maximum Gasteiger partial charge on any atom is 0.128 e. The van der Waals surface area contributed by atoms with Gasteiger partial charge in [-0.3, -0.25) is 0 Å². The maximum atomic E-state index is 5.77. The van der Waals surface area contributed by atoms with Gasteiger partial charge in [-0.2, -0.15) is 0 Å². The van der Waals surface area contributed by atoms with Gasteiger partial charge in [-0.05, 0) is 26.0 Å². The van der Waals surface area contributed by atoms with Crippen LogP contribution in [0.2, 0.25) is 0 Å². The predicted octanol–water partition coefficient (Wildman–Crippen LogP) is 2.68. The number of likely N-dealkylation sites (N-methyl/N-ethyl adjacent to an activating group) is 1. The van der Waals surface area contributed by atoms with Gasteiger partial charge in [0.05, 0.1) is 18.2 Å². The van der Waals surface area contributed by atoms with E-state index in [-0.39, 0.29) is 0 Å². The van der Waals surface area contributed by atoms with E-state index in [9.17, 15) is 0 Å². The molecule has 0 fully saturated rings. The summed E-state index contributed by atoms with van der Waals surface area (Å²) in [6, 6.07) is 5.93. The number of ether oxygens (including phenoxy) is 1. The first-order chi connectivity index (χ1) is 7.81.